The number of ether oxygens (including phenoxy) is 1. The van der Waals surface area contributed by atoms with Crippen molar-refractivity contribution >= 4 is 11.9 Å². The fraction of sp³-hybridized carbons (Fsp3) is 0.400. The molecule has 14 heavy (non-hydrogen) atoms. The topological polar surface area (TPSA) is 46.6 Å². The Hall–Kier alpha value is -1.58. The third-order valence-corrected chi connectivity index (χ3v) is 1.46. The van der Waals surface area contributed by atoms with Crippen LogP contribution in [0.4, 0.5) is 0 Å². The molecule has 0 atom stereocenters. The zero-order chi connectivity index (χ0) is 11.0. The number of carbonyl (C=O) groups excluding carboxylic acids is 2. The van der Waals surface area contributed by atoms with Gasteiger partial charge in [0.15, 0.2) is 0 Å². The Morgan fingerprint density at radius 1 is 1.43 bits per heavy atom. The molecule has 0 aliphatic heterocycles. The van der Waals surface area contributed by atoms with E-state index in [-0.39, 0.29) is 12.5 Å². The number of carbonyl (C=O) groups is 2. The maximum atomic E-state index is 11.2. The Balaban J connectivity index is 4.21. The van der Waals surface area contributed by atoms with Gasteiger partial charge in [-0.3, -0.25) is 9.59 Å². The van der Waals surface area contributed by atoms with Crippen LogP contribution in [0, 0.1) is 0 Å². The van der Waals surface area contributed by atoms with Crippen molar-refractivity contribution in [2.45, 2.75) is 6.92 Å². The molecule has 0 fully saturated rings. The second kappa shape index (κ2) is 6.88. The molecule has 0 heterocycles. The molecular formula is C10H15NO3. The maximum Gasteiger partial charge on any atom is 0.325 e. The van der Waals surface area contributed by atoms with Crippen molar-refractivity contribution in [3.05, 3.63) is 25.3 Å². The second-order valence-corrected chi connectivity index (χ2v) is 2.52. The van der Waals surface area contributed by atoms with Crippen LogP contribution in [0.5, 0.6) is 0 Å². The van der Waals surface area contributed by atoms with Gasteiger partial charge in [-0.15, -0.1) is 6.58 Å². The Morgan fingerprint density at radius 3 is 2.50 bits per heavy atom. The lowest BCUT2D eigenvalue weighted by Crippen LogP contribution is -2.35. The van der Waals surface area contributed by atoms with Gasteiger partial charge in [0.1, 0.15) is 6.54 Å². The Labute approximate surface area is 83.8 Å². The number of hydrogen-bond donors (Lipinski definition) is 0. The average molecular weight is 197 g/mol. The van der Waals surface area contributed by atoms with E-state index in [1.54, 1.807) is 13.0 Å². The van der Waals surface area contributed by atoms with Crippen LogP contribution < -0.4 is 0 Å². The molecule has 0 aromatic rings. The summed E-state index contributed by atoms with van der Waals surface area (Å²) >= 11 is 0. The molecule has 0 aliphatic carbocycles. The molecule has 0 bridgehead atoms. The van der Waals surface area contributed by atoms with Crippen LogP contribution in [0.15, 0.2) is 25.3 Å². The summed E-state index contributed by atoms with van der Waals surface area (Å²) < 4.78 is 4.71. The lowest BCUT2D eigenvalue weighted by atomic mass is 10.4. The van der Waals surface area contributed by atoms with E-state index in [1.807, 2.05) is 0 Å². The van der Waals surface area contributed by atoms with Gasteiger partial charge in [-0.25, -0.2) is 0 Å². The first-order chi connectivity index (χ1) is 6.65. The second-order valence-electron chi connectivity index (χ2n) is 2.52. The largest absolute Gasteiger partial charge is 0.465 e. The molecule has 0 saturated heterocycles. The van der Waals surface area contributed by atoms with Gasteiger partial charge in [-0.1, -0.05) is 12.7 Å². The molecule has 0 aliphatic rings. The van der Waals surface area contributed by atoms with Gasteiger partial charge in [0.25, 0.3) is 0 Å². The van der Waals surface area contributed by atoms with Gasteiger partial charge in [-0.05, 0) is 13.0 Å². The van der Waals surface area contributed by atoms with Gasteiger partial charge in [-0.2, -0.15) is 0 Å². The first kappa shape index (κ1) is 12.4. The lowest BCUT2D eigenvalue weighted by molar-refractivity contribution is -0.147. The number of esters is 1. The summed E-state index contributed by atoms with van der Waals surface area (Å²) in [6.45, 7) is 9.10. The highest BCUT2D eigenvalue weighted by Gasteiger charge is 2.13. The van der Waals surface area contributed by atoms with Gasteiger partial charge < -0.3 is 9.64 Å². The quantitative estimate of drug-likeness (QED) is 0.358. The summed E-state index contributed by atoms with van der Waals surface area (Å²) in [6, 6.07) is 0. The highest BCUT2D eigenvalue weighted by atomic mass is 16.5. The van der Waals surface area contributed by atoms with Crippen LogP contribution in [0.25, 0.3) is 0 Å². The molecule has 4 heteroatoms. The molecule has 0 aromatic carbocycles. The summed E-state index contributed by atoms with van der Waals surface area (Å²) in [7, 11) is 0. The third-order valence-electron chi connectivity index (χ3n) is 1.46. The molecular weight excluding hydrogens is 182 g/mol. The van der Waals surface area contributed by atoms with Gasteiger partial charge in [0.05, 0.1) is 6.61 Å². The molecule has 78 valence electrons. The SMILES string of the molecule is C=CCN(CC(=O)OCC)C(=O)C=C. The maximum absolute atomic E-state index is 11.2. The predicted octanol–water partition coefficient (Wildman–Crippen LogP) is 0.750. The Bertz CT molecular complexity index is 236. The predicted molar refractivity (Wildman–Crippen MR) is 53.6 cm³/mol. The molecule has 0 radical (unpaired) electrons. The molecule has 0 rings (SSSR count). The van der Waals surface area contributed by atoms with E-state index in [0.29, 0.717) is 13.2 Å². The average Bonchev–Trinajstić information content (AvgIpc) is 2.16. The van der Waals surface area contributed by atoms with Crippen LogP contribution in [-0.2, 0) is 14.3 Å². The van der Waals surface area contributed by atoms with Crippen molar-refractivity contribution in [3.63, 3.8) is 0 Å². The van der Waals surface area contributed by atoms with Gasteiger partial charge in [0, 0.05) is 6.54 Å². The van der Waals surface area contributed by atoms with Crippen molar-refractivity contribution in [2.75, 3.05) is 19.7 Å². The summed E-state index contributed by atoms with van der Waals surface area (Å²) in [6.07, 6.45) is 2.70. The third kappa shape index (κ3) is 4.45. The summed E-state index contributed by atoms with van der Waals surface area (Å²) in [5.74, 6) is -0.734. The van der Waals surface area contributed by atoms with E-state index in [0.717, 1.165) is 6.08 Å². The number of amides is 1. The van der Waals surface area contributed by atoms with E-state index < -0.39 is 5.97 Å². The zero-order valence-electron chi connectivity index (χ0n) is 8.36. The first-order valence-corrected chi connectivity index (χ1v) is 4.33. The molecule has 0 aromatic heterocycles. The first-order valence-electron chi connectivity index (χ1n) is 4.33. The molecule has 1 amide bonds. The summed E-state index contributed by atoms with van der Waals surface area (Å²) in [4.78, 5) is 23.6. The number of hydrogen-bond acceptors (Lipinski definition) is 3. The van der Waals surface area contributed by atoms with E-state index in [9.17, 15) is 9.59 Å². The van der Waals surface area contributed by atoms with E-state index in [4.69, 9.17) is 4.74 Å². The minimum atomic E-state index is -0.426. The smallest absolute Gasteiger partial charge is 0.325 e. The minimum Gasteiger partial charge on any atom is -0.465 e. The monoisotopic (exact) mass is 197 g/mol. The fourth-order valence-corrected chi connectivity index (χ4v) is 0.880. The zero-order valence-corrected chi connectivity index (χ0v) is 8.36. The molecule has 0 N–H and O–H groups in total. The van der Waals surface area contributed by atoms with Crippen LogP contribution in [0.2, 0.25) is 0 Å². The Morgan fingerprint density at radius 2 is 2.07 bits per heavy atom. The number of rotatable bonds is 6. The highest BCUT2D eigenvalue weighted by Crippen LogP contribution is 1.93. The summed E-state index contributed by atoms with van der Waals surface area (Å²) in [5, 5.41) is 0. The molecule has 0 spiro atoms. The standard InChI is InChI=1S/C10H15NO3/c1-4-7-11(9(12)5-2)8-10(13)14-6-3/h4-5H,1-2,6-8H2,3H3. The van der Waals surface area contributed by atoms with E-state index in [2.05, 4.69) is 13.2 Å². The van der Waals surface area contributed by atoms with Crippen LogP contribution >= 0.6 is 0 Å². The molecule has 4 nitrogen and oxygen atoms in total. The lowest BCUT2D eigenvalue weighted by Gasteiger charge is -2.17. The minimum absolute atomic E-state index is 0.0648. The molecule has 0 unspecified atom stereocenters. The highest BCUT2D eigenvalue weighted by molar-refractivity contribution is 5.89. The van der Waals surface area contributed by atoms with Crippen molar-refractivity contribution < 1.29 is 14.3 Å². The fourth-order valence-electron chi connectivity index (χ4n) is 0.880. The Kier molecular flexibility index (Phi) is 6.11. The van der Waals surface area contributed by atoms with Gasteiger partial charge in [0.2, 0.25) is 5.91 Å². The van der Waals surface area contributed by atoms with Crippen LogP contribution in [0.3, 0.4) is 0 Å². The normalized spacial score (nSPS) is 8.93. The van der Waals surface area contributed by atoms with Gasteiger partial charge >= 0.3 is 5.97 Å². The van der Waals surface area contributed by atoms with Crippen molar-refractivity contribution in [1.82, 2.24) is 4.90 Å². The van der Waals surface area contributed by atoms with Crippen molar-refractivity contribution in [1.29, 1.82) is 0 Å². The van der Waals surface area contributed by atoms with Crippen molar-refractivity contribution in [3.8, 4) is 0 Å². The van der Waals surface area contributed by atoms with Crippen LogP contribution in [0.1, 0.15) is 6.92 Å². The van der Waals surface area contributed by atoms with Crippen molar-refractivity contribution in [2.24, 2.45) is 0 Å². The van der Waals surface area contributed by atoms with E-state index in [1.165, 1.54) is 4.90 Å². The van der Waals surface area contributed by atoms with E-state index >= 15 is 0 Å². The summed E-state index contributed by atoms with van der Waals surface area (Å²) in [5.41, 5.74) is 0. The van der Waals surface area contributed by atoms with Crippen LogP contribution in [-0.4, -0.2) is 36.5 Å². The molecule has 0 saturated carbocycles. The number of nitrogens with zero attached hydrogens (tertiary/aromatic N) is 1.